The maximum Gasteiger partial charge on any atom is 0.269 e. The Hall–Kier alpha value is -2.06. The lowest BCUT2D eigenvalue weighted by atomic mass is 9.91. The van der Waals surface area contributed by atoms with Crippen LogP contribution in [0.15, 0.2) is 36.4 Å². The minimum Gasteiger partial charge on any atom is -0.389 e. The summed E-state index contributed by atoms with van der Waals surface area (Å²) in [5.74, 6) is -0.358. The van der Waals surface area contributed by atoms with E-state index in [9.17, 15) is 20.1 Å². The van der Waals surface area contributed by atoms with Crippen molar-refractivity contribution >= 4 is 16.8 Å². The Balaban J connectivity index is 1.66. The van der Waals surface area contributed by atoms with Crippen LogP contribution in [0.25, 0.3) is 10.9 Å². The zero-order valence-electron chi connectivity index (χ0n) is 13.3. The van der Waals surface area contributed by atoms with Gasteiger partial charge in [-0.15, -0.1) is 0 Å². The summed E-state index contributed by atoms with van der Waals surface area (Å²) in [5.41, 5.74) is 1.01. The van der Waals surface area contributed by atoms with Crippen LogP contribution in [0.2, 0.25) is 0 Å². The van der Waals surface area contributed by atoms with Crippen molar-refractivity contribution in [2.24, 2.45) is 0 Å². The van der Waals surface area contributed by atoms with Crippen molar-refractivity contribution in [3.8, 4) is 0 Å². The molecule has 7 nitrogen and oxygen atoms in total. The number of pyridine rings is 1. The van der Waals surface area contributed by atoms with Gasteiger partial charge in [-0.25, -0.2) is 4.98 Å². The van der Waals surface area contributed by atoms with Gasteiger partial charge >= 0.3 is 0 Å². The number of aliphatic hydroxyl groups is 3. The number of nitrogens with one attached hydrogen (secondary N) is 2. The first-order chi connectivity index (χ1) is 11.5. The summed E-state index contributed by atoms with van der Waals surface area (Å²) in [6.07, 6.45) is -3.46. The number of nitrogens with zero attached hydrogens (tertiary/aromatic N) is 1. The lowest BCUT2D eigenvalue weighted by Crippen LogP contribution is -2.66. The van der Waals surface area contributed by atoms with E-state index in [0.717, 1.165) is 10.9 Å². The van der Waals surface area contributed by atoms with Gasteiger partial charge in [-0.3, -0.25) is 4.79 Å². The maximum atomic E-state index is 12.3. The number of carbonyl (C=O) groups is 1. The average Bonchev–Trinajstić information content (AvgIpc) is 2.61. The third-order valence-corrected chi connectivity index (χ3v) is 4.41. The normalized spacial score (nSPS) is 30.2. The SMILES string of the molecule is C[C@@H]1N[C@H](CNC(=O)c2ccc3ccccc3n2)[C@@H](O)[C@H](O)[C@@H]1O. The van der Waals surface area contributed by atoms with Gasteiger partial charge in [0.05, 0.1) is 23.8 Å². The van der Waals surface area contributed by atoms with E-state index in [2.05, 4.69) is 15.6 Å². The first-order valence-corrected chi connectivity index (χ1v) is 7.91. The van der Waals surface area contributed by atoms with Crippen molar-refractivity contribution in [2.75, 3.05) is 6.54 Å². The molecule has 0 saturated carbocycles. The van der Waals surface area contributed by atoms with Gasteiger partial charge in [-0.1, -0.05) is 24.3 Å². The van der Waals surface area contributed by atoms with Crippen molar-refractivity contribution in [1.82, 2.24) is 15.6 Å². The topological polar surface area (TPSA) is 115 Å². The van der Waals surface area contributed by atoms with Crippen molar-refractivity contribution in [3.05, 3.63) is 42.1 Å². The van der Waals surface area contributed by atoms with Crippen LogP contribution in [0.5, 0.6) is 0 Å². The monoisotopic (exact) mass is 331 g/mol. The second-order valence-electron chi connectivity index (χ2n) is 6.13. The molecule has 3 rings (SSSR count). The Bertz CT molecular complexity index is 739. The molecule has 24 heavy (non-hydrogen) atoms. The summed E-state index contributed by atoms with van der Waals surface area (Å²) in [5, 5.41) is 36.2. The van der Waals surface area contributed by atoms with Gasteiger partial charge in [0.1, 0.15) is 11.8 Å². The second kappa shape index (κ2) is 6.82. The summed E-state index contributed by atoms with van der Waals surface area (Å²) in [6.45, 7) is 1.82. The zero-order valence-corrected chi connectivity index (χ0v) is 13.3. The van der Waals surface area contributed by atoms with E-state index in [-0.39, 0.29) is 24.2 Å². The molecule has 0 unspecified atom stereocenters. The largest absolute Gasteiger partial charge is 0.389 e. The number of hydrogen-bond donors (Lipinski definition) is 5. The minimum absolute atomic E-state index is 0.114. The van der Waals surface area contributed by atoms with E-state index in [0.29, 0.717) is 0 Å². The van der Waals surface area contributed by atoms with Gasteiger partial charge in [-0.05, 0) is 19.1 Å². The Morgan fingerprint density at radius 1 is 1.12 bits per heavy atom. The molecule has 1 aliphatic rings. The summed E-state index contributed by atoms with van der Waals surface area (Å²) < 4.78 is 0. The first-order valence-electron chi connectivity index (χ1n) is 7.91. The number of rotatable bonds is 3. The lowest BCUT2D eigenvalue weighted by molar-refractivity contribution is -0.109. The smallest absolute Gasteiger partial charge is 0.269 e. The molecule has 1 saturated heterocycles. The molecule has 0 aliphatic carbocycles. The van der Waals surface area contributed by atoms with Gasteiger partial charge in [0, 0.05) is 18.0 Å². The number of benzene rings is 1. The van der Waals surface area contributed by atoms with Crippen LogP contribution in [-0.4, -0.2) is 63.2 Å². The molecular weight excluding hydrogens is 310 g/mol. The highest BCUT2D eigenvalue weighted by atomic mass is 16.4. The van der Waals surface area contributed by atoms with Crippen LogP contribution < -0.4 is 10.6 Å². The van der Waals surface area contributed by atoms with E-state index in [4.69, 9.17) is 0 Å². The number of aromatic nitrogens is 1. The summed E-state index contributed by atoms with van der Waals surface area (Å²) in [7, 11) is 0. The van der Waals surface area contributed by atoms with E-state index >= 15 is 0 Å². The van der Waals surface area contributed by atoms with Crippen LogP contribution in [0.3, 0.4) is 0 Å². The van der Waals surface area contributed by atoms with E-state index in [1.165, 1.54) is 0 Å². The molecule has 5 N–H and O–H groups in total. The predicted molar refractivity (Wildman–Crippen MR) is 88.5 cm³/mol. The van der Waals surface area contributed by atoms with Gasteiger partial charge < -0.3 is 26.0 Å². The third kappa shape index (κ3) is 3.25. The molecular formula is C17H21N3O4. The van der Waals surface area contributed by atoms with E-state index in [1.54, 1.807) is 13.0 Å². The molecule has 5 atom stereocenters. The highest BCUT2D eigenvalue weighted by Crippen LogP contribution is 2.15. The van der Waals surface area contributed by atoms with Crippen LogP contribution in [0, 0.1) is 0 Å². The van der Waals surface area contributed by atoms with Crippen molar-refractivity contribution in [2.45, 2.75) is 37.3 Å². The van der Waals surface area contributed by atoms with Crippen LogP contribution in [-0.2, 0) is 0 Å². The van der Waals surface area contributed by atoms with Gasteiger partial charge in [0.15, 0.2) is 0 Å². The molecule has 7 heteroatoms. The molecule has 2 aromatic rings. The number of carbonyl (C=O) groups excluding carboxylic acids is 1. The Labute approximate surface area is 139 Å². The van der Waals surface area contributed by atoms with E-state index in [1.807, 2.05) is 30.3 Å². The molecule has 2 heterocycles. The van der Waals surface area contributed by atoms with Crippen molar-refractivity contribution in [1.29, 1.82) is 0 Å². The van der Waals surface area contributed by atoms with Crippen molar-refractivity contribution in [3.63, 3.8) is 0 Å². The zero-order chi connectivity index (χ0) is 17.3. The molecule has 1 aromatic carbocycles. The molecule has 1 amide bonds. The summed E-state index contributed by atoms with van der Waals surface area (Å²) in [4.78, 5) is 16.6. The lowest BCUT2D eigenvalue weighted by Gasteiger charge is -2.40. The Morgan fingerprint density at radius 3 is 2.67 bits per heavy atom. The number of fused-ring (bicyclic) bond motifs is 1. The third-order valence-electron chi connectivity index (χ3n) is 4.41. The standard InChI is InChI=1S/C17H21N3O4/c1-9-14(21)16(23)15(22)13(19-9)8-18-17(24)12-7-6-10-4-2-3-5-11(10)20-12/h2-7,9,13-16,19,21-23H,8H2,1H3,(H,18,24)/t9-,13+,14+,15+,16+/m0/s1. The number of hydrogen-bond acceptors (Lipinski definition) is 6. The molecule has 128 valence electrons. The Kier molecular flexibility index (Phi) is 4.77. The van der Waals surface area contributed by atoms with E-state index < -0.39 is 24.4 Å². The van der Waals surface area contributed by atoms with Crippen LogP contribution in [0.1, 0.15) is 17.4 Å². The molecule has 1 fully saturated rings. The number of aliphatic hydroxyl groups excluding tert-OH is 3. The summed E-state index contributed by atoms with van der Waals surface area (Å²) >= 11 is 0. The highest BCUT2D eigenvalue weighted by Gasteiger charge is 2.40. The number of para-hydroxylation sites is 1. The van der Waals surface area contributed by atoms with Crippen LogP contribution >= 0.6 is 0 Å². The number of piperidine rings is 1. The molecule has 1 aromatic heterocycles. The second-order valence-corrected chi connectivity index (χ2v) is 6.13. The Morgan fingerprint density at radius 2 is 1.88 bits per heavy atom. The maximum absolute atomic E-state index is 12.3. The molecule has 0 bridgehead atoms. The molecule has 0 spiro atoms. The minimum atomic E-state index is -1.25. The predicted octanol–water partition coefficient (Wildman–Crippen LogP) is -0.592. The fraction of sp³-hybridized carbons (Fsp3) is 0.412. The quantitative estimate of drug-likeness (QED) is 0.513. The average molecular weight is 331 g/mol. The fourth-order valence-electron chi connectivity index (χ4n) is 2.94. The fourth-order valence-corrected chi connectivity index (χ4v) is 2.94. The van der Waals surface area contributed by atoms with Gasteiger partial charge in [0.25, 0.3) is 5.91 Å². The van der Waals surface area contributed by atoms with Gasteiger partial charge in [-0.2, -0.15) is 0 Å². The number of amides is 1. The highest BCUT2D eigenvalue weighted by molar-refractivity contribution is 5.94. The molecule has 1 aliphatic heterocycles. The van der Waals surface area contributed by atoms with Gasteiger partial charge in [0.2, 0.25) is 0 Å². The molecule has 0 radical (unpaired) electrons. The summed E-state index contributed by atoms with van der Waals surface area (Å²) in [6, 6.07) is 10.0. The first kappa shape index (κ1) is 16.8. The van der Waals surface area contributed by atoms with Crippen LogP contribution in [0.4, 0.5) is 0 Å². The van der Waals surface area contributed by atoms with Crippen molar-refractivity contribution < 1.29 is 20.1 Å².